The van der Waals surface area contributed by atoms with Crippen molar-refractivity contribution in [2.24, 2.45) is 0 Å². The number of nitrogens with zero attached hydrogens (tertiary/aromatic N) is 1. The second-order valence-corrected chi connectivity index (χ2v) is 4.90. The van der Waals surface area contributed by atoms with Crippen molar-refractivity contribution in [2.45, 2.75) is 31.8 Å². The van der Waals surface area contributed by atoms with E-state index in [1.165, 1.54) is 12.1 Å². The Morgan fingerprint density at radius 2 is 2.35 bits per heavy atom. The van der Waals surface area contributed by atoms with Crippen LogP contribution < -0.4 is 0 Å². The third-order valence-corrected chi connectivity index (χ3v) is 3.65. The van der Waals surface area contributed by atoms with E-state index in [0.717, 1.165) is 18.4 Å². The number of likely N-dealkylation sites (tertiary alicyclic amines) is 1. The second kappa shape index (κ2) is 6.66. The Kier molecular flexibility index (Phi) is 4.90. The molecule has 0 amide bonds. The van der Waals surface area contributed by atoms with E-state index in [4.69, 9.17) is 4.74 Å². The smallest absolute Gasteiger partial charge is 0.323 e. The monoisotopic (exact) mass is 277 g/mol. The molecule has 0 aromatic heterocycles. The highest BCUT2D eigenvalue weighted by Crippen LogP contribution is 2.36. The van der Waals surface area contributed by atoms with Gasteiger partial charge in [0.1, 0.15) is 11.9 Å². The zero-order chi connectivity index (χ0) is 14.5. The lowest BCUT2D eigenvalue weighted by molar-refractivity contribution is -0.148. The lowest BCUT2D eigenvalue weighted by Crippen LogP contribution is -2.38. The molecule has 2 rings (SSSR count). The fraction of sp³-hybridized carbons (Fsp3) is 0.438. The predicted molar refractivity (Wildman–Crippen MR) is 75.7 cm³/mol. The predicted octanol–water partition coefficient (Wildman–Crippen LogP) is 3.08. The normalized spacial score (nSPS) is 22.7. The number of ether oxygens (including phenoxy) is 1. The van der Waals surface area contributed by atoms with Crippen molar-refractivity contribution >= 4 is 5.97 Å². The van der Waals surface area contributed by atoms with Crippen molar-refractivity contribution in [3.63, 3.8) is 0 Å². The molecule has 0 radical (unpaired) electrons. The molecule has 4 heteroatoms. The maximum atomic E-state index is 13.4. The van der Waals surface area contributed by atoms with E-state index in [1.807, 2.05) is 11.0 Å². The van der Waals surface area contributed by atoms with Gasteiger partial charge < -0.3 is 4.74 Å². The quantitative estimate of drug-likeness (QED) is 0.612. The van der Waals surface area contributed by atoms with E-state index < -0.39 is 0 Å². The Labute approximate surface area is 119 Å². The summed E-state index contributed by atoms with van der Waals surface area (Å²) in [6, 6.07) is 6.35. The summed E-state index contributed by atoms with van der Waals surface area (Å²) in [6.07, 6.45) is 3.32. The van der Waals surface area contributed by atoms with Gasteiger partial charge in [-0.1, -0.05) is 18.2 Å². The van der Waals surface area contributed by atoms with Crippen LogP contribution >= 0.6 is 0 Å². The van der Waals surface area contributed by atoms with Gasteiger partial charge in [-0.25, -0.2) is 4.39 Å². The number of carbonyl (C=O) groups excluding carboxylic acids is 1. The van der Waals surface area contributed by atoms with Crippen LogP contribution in [0.1, 0.15) is 31.4 Å². The molecule has 0 aliphatic carbocycles. The number of esters is 1. The molecular weight excluding hydrogens is 257 g/mol. The molecule has 1 fully saturated rings. The fourth-order valence-corrected chi connectivity index (χ4v) is 2.83. The van der Waals surface area contributed by atoms with Crippen LogP contribution in [0.25, 0.3) is 0 Å². The standard InChI is InChI=1S/C16H20FNO2/c1-3-10-18-14(12-6-5-7-13(17)11-12)8-9-15(18)16(19)20-4-2/h3,5-7,11,14-15H,1,4,8-10H2,2H3/t14-,15+/m0/s1. The molecule has 0 bridgehead atoms. The van der Waals surface area contributed by atoms with Gasteiger partial charge in [-0.15, -0.1) is 6.58 Å². The fourth-order valence-electron chi connectivity index (χ4n) is 2.83. The summed E-state index contributed by atoms with van der Waals surface area (Å²) in [7, 11) is 0. The van der Waals surface area contributed by atoms with Gasteiger partial charge in [0, 0.05) is 12.6 Å². The number of carbonyl (C=O) groups is 1. The molecule has 0 saturated carbocycles. The van der Waals surface area contributed by atoms with Crippen LogP contribution in [-0.4, -0.2) is 30.1 Å². The van der Waals surface area contributed by atoms with Crippen LogP contribution in [0.4, 0.5) is 4.39 Å². The SMILES string of the molecule is C=CCN1[C@@H](C(=O)OCC)CC[C@H]1c1cccc(F)c1. The third-order valence-electron chi connectivity index (χ3n) is 3.65. The summed E-state index contributed by atoms with van der Waals surface area (Å²) in [6.45, 7) is 6.51. The first kappa shape index (κ1) is 14.7. The van der Waals surface area contributed by atoms with Gasteiger partial charge in [-0.05, 0) is 37.5 Å². The molecule has 3 nitrogen and oxygen atoms in total. The van der Waals surface area contributed by atoms with E-state index in [2.05, 4.69) is 6.58 Å². The lowest BCUT2D eigenvalue weighted by atomic mass is 10.0. The molecule has 1 saturated heterocycles. The Morgan fingerprint density at radius 1 is 1.55 bits per heavy atom. The summed E-state index contributed by atoms with van der Waals surface area (Å²) in [4.78, 5) is 14.0. The second-order valence-electron chi connectivity index (χ2n) is 4.90. The molecule has 2 atom stereocenters. The van der Waals surface area contributed by atoms with Gasteiger partial charge in [-0.2, -0.15) is 0 Å². The van der Waals surface area contributed by atoms with E-state index in [-0.39, 0.29) is 23.9 Å². The van der Waals surface area contributed by atoms with Gasteiger partial charge >= 0.3 is 5.97 Å². The average Bonchev–Trinajstić information content (AvgIpc) is 2.83. The van der Waals surface area contributed by atoms with E-state index in [0.29, 0.717) is 13.2 Å². The van der Waals surface area contributed by atoms with E-state index in [1.54, 1.807) is 19.1 Å². The first-order chi connectivity index (χ1) is 9.67. The summed E-state index contributed by atoms with van der Waals surface area (Å²) in [5, 5.41) is 0. The molecule has 0 spiro atoms. The molecule has 1 aromatic carbocycles. The maximum Gasteiger partial charge on any atom is 0.323 e. The van der Waals surface area contributed by atoms with Crippen molar-refractivity contribution in [3.05, 3.63) is 48.3 Å². The van der Waals surface area contributed by atoms with Crippen molar-refractivity contribution in [1.82, 2.24) is 4.90 Å². The number of rotatable bonds is 5. The van der Waals surface area contributed by atoms with Crippen LogP contribution in [0.3, 0.4) is 0 Å². The van der Waals surface area contributed by atoms with Gasteiger partial charge in [-0.3, -0.25) is 9.69 Å². The van der Waals surface area contributed by atoms with E-state index in [9.17, 15) is 9.18 Å². The van der Waals surface area contributed by atoms with Crippen molar-refractivity contribution in [3.8, 4) is 0 Å². The summed E-state index contributed by atoms with van der Waals surface area (Å²) < 4.78 is 18.5. The maximum absolute atomic E-state index is 13.4. The number of halogens is 1. The Bertz CT molecular complexity index is 489. The Hall–Kier alpha value is -1.68. The van der Waals surface area contributed by atoms with Crippen molar-refractivity contribution in [1.29, 1.82) is 0 Å². The van der Waals surface area contributed by atoms with E-state index >= 15 is 0 Å². The molecule has 1 aliphatic rings. The van der Waals surface area contributed by atoms with Crippen LogP contribution in [-0.2, 0) is 9.53 Å². The van der Waals surface area contributed by atoms with Crippen molar-refractivity contribution < 1.29 is 13.9 Å². The molecule has 20 heavy (non-hydrogen) atoms. The number of hydrogen-bond donors (Lipinski definition) is 0. The average molecular weight is 277 g/mol. The largest absolute Gasteiger partial charge is 0.465 e. The highest BCUT2D eigenvalue weighted by atomic mass is 19.1. The molecule has 108 valence electrons. The summed E-state index contributed by atoms with van der Waals surface area (Å²) in [5.41, 5.74) is 0.902. The molecule has 0 unspecified atom stereocenters. The van der Waals surface area contributed by atoms with Gasteiger partial charge in [0.2, 0.25) is 0 Å². The highest BCUT2D eigenvalue weighted by Gasteiger charge is 2.38. The van der Waals surface area contributed by atoms with Gasteiger partial charge in [0.25, 0.3) is 0 Å². The van der Waals surface area contributed by atoms with Crippen LogP contribution in [0.15, 0.2) is 36.9 Å². The zero-order valence-corrected chi connectivity index (χ0v) is 11.7. The van der Waals surface area contributed by atoms with Gasteiger partial charge in [0.15, 0.2) is 0 Å². The van der Waals surface area contributed by atoms with Crippen LogP contribution in [0.5, 0.6) is 0 Å². The Morgan fingerprint density at radius 3 is 3.00 bits per heavy atom. The minimum atomic E-state index is -0.263. The first-order valence-electron chi connectivity index (χ1n) is 6.96. The number of hydrogen-bond acceptors (Lipinski definition) is 3. The first-order valence-corrected chi connectivity index (χ1v) is 6.96. The van der Waals surface area contributed by atoms with Gasteiger partial charge in [0.05, 0.1) is 6.61 Å². The lowest BCUT2D eigenvalue weighted by Gasteiger charge is -2.28. The molecule has 1 aliphatic heterocycles. The Balaban J connectivity index is 2.21. The number of benzene rings is 1. The zero-order valence-electron chi connectivity index (χ0n) is 11.7. The topological polar surface area (TPSA) is 29.5 Å². The minimum absolute atomic E-state index is 0.0399. The van der Waals surface area contributed by atoms with Crippen LogP contribution in [0, 0.1) is 5.82 Å². The van der Waals surface area contributed by atoms with Crippen molar-refractivity contribution in [2.75, 3.05) is 13.2 Å². The highest BCUT2D eigenvalue weighted by molar-refractivity contribution is 5.76. The third kappa shape index (κ3) is 3.07. The molecule has 1 heterocycles. The summed E-state index contributed by atoms with van der Waals surface area (Å²) in [5.74, 6) is -0.450. The molecule has 0 N–H and O–H groups in total. The summed E-state index contributed by atoms with van der Waals surface area (Å²) >= 11 is 0. The van der Waals surface area contributed by atoms with Crippen LogP contribution in [0.2, 0.25) is 0 Å². The molecule has 1 aromatic rings. The minimum Gasteiger partial charge on any atom is -0.465 e. The molecular formula is C16H20FNO2.